The number of aliphatic hydroxyl groups excluding tert-OH is 1. The Morgan fingerprint density at radius 2 is 1.54 bits per heavy atom. The van der Waals surface area contributed by atoms with Gasteiger partial charge in [-0.05, 0) is 56.7 Å². The number of carboxylic acids is 1. The first-order chi connectivity index (χ1) is 18.4. The van der Waals surface area contributed by atoms with Crippen LogP contribution in [0, 0.1) is 5.92 Å². The lowest BCUT2D eigenvalue weighted by Gasteiger charge is -2.26. The number of nitrogens with one attached hydrogen (secondary N) is 4. The summed E-state index contributed by atoms with van der Waals surface area (Å²) in [5, 5.41) is 28.0. The van der Waals surface area contributed by atoms with Crippen LogP contribution in [0.15, 0.2) is 30.5 Å². The average molecular weight is 547 g/mol. The first-order valence-electron chi connectivity index (χ1n) is 13.3. The molecule has 39 heavy (non-hydrogen) atoms. The smallest absolute Gasteiger partial charge is 0.326 e. The van der Waals surface area contributed by atoms with Crippen molar-refractivity contribution in [2.45, 2.75) is 83.1 Å². The van der Waals surface area contributed by atoms with E-state index >= 15 is 0 Å². The standard InChI is InChI=1S/C27H42N6O6/c1-15(2)12-22(27(38)39)33-24(35)20(10-6-7-11-28)31-25(36)21(32-26(37)23(29)16(3)34)13-17-14-30-19-9-5-4-8-18(17)19/h4-5,8-9,14-16,20-23,30,34H,6-7,10-13,28-29H2,1-3H3,(H,31,36)(H,32,37)(H,33,35)(H,38,39). The molecule has 12 heteroatoms. The van der Waals surface area contributed by atoms with Crippen molar-refractivity contribution < 1.29 is 29.4 Å². The van der Waals surface area contributed by atoms with Crippen molar-refractivity contribution in [3.63, 3.8) is 0 Å². The van der Waals surface area contributed by atoms with Crippen molar-refractivity contribution in [3.8, 4) is 0 Å². The predicted molar refractivity (Wildman–Crippen MR) is 147 cm³/mol. The highest BCUT2D eigenvalue weighted by atomic mass is 16.4. The molecule has 1 aromatic heterocycles. The summed E-state index contributed by atoms with van der Waals surface area (Å²) < 4.78 is 0. The minimum atomic E-state index is -1.26. The minimum Gasteiger partial charge on any atom is -0.480 e. The highest BCUT2D eigenvalue weighted by Crippen LogP contribution is 2.19. The molecule has 12 nitrogen and oxygen atoms in total. The number of hydrogen-bond acceptors (Lipinski definition) is 7. The van der Waals surface area contributed by atoms with Gasteiger partial charge in [-0.15, -0.1) is 0 Å². The second-order valence-electron chi connectivity index (χ2n) is 10.3. The second-order valence-corrected chi connectivity index (χ2v) is 10.3. The SMILES string of the molecule is CC(C)CC(NC(=O)C(CCCCN)NC(=O)C(Cc1c[nH]c2ccccc12)NC(=O)C(N)C(C)O)C(=O)O. The zero-order valence-corrected chi connectivity index (χ0v) is 22.8. The number of H-pyrrole nitrogens is 1. The number of nitrogens with two attached hydrogens (primary N) is 2. The zero-order chi connectivity index (χ0) is 29.1. The number of carbonyl (C=O) groups excluding carboxylic acids is 3. The number of para-hydroxylation sites is 1. The topological polar surface area (TPSA) is 213 Å². The van der Waals surface area contributed by atoms with Crippen molar-refractivity contribution >= 4 is 34.6 Å². The Kier molecular flexibility index (Phi) is 12.4. The quantitative estimate of drug-likeness (QED) is 0.135. The van der Waals surface area contributed by atoms with Crippen molar-refractivity contribution in [2.24, 2.45) is 17.4 Å². The van der Waals surface area contributed by atoms with Crippen LogP contribution in [0.2, 0.25) is 0 Å². The highest BCUT2D eigenvalue weighted by Gasteiger charge is 2.31. The van der Waals surface area contributed by atoms with Crippen LogP contribution in [0.5, 0.6) is 0 Å². The third kappa shape index (κ3) is 9.65. The monoisotopic (exact) mass is 546 g/mol. The Labute approximate surface area is 228 Å². The minimum absolute atomic E-state index is 0.0190. The van der Waals surface area contributed by atoms with Gasteiger partial charge in [0.15, 0.2) is 0 Å². The van der Waals surface area contributed by atoms with E-state index in [1.807, 2.05) is 38.1 Å². The molecule has 3 amide bonds. The fourth-order valence-corrected chi connectivity index (χ4v) is 4.22. The molecule has 0 aliphatic carbocycles. The maximum Gasteiger partial charge on any atom is 0.326 e. The van der Waals surface area contributed by atoms with E-state index < -0.39 is 54.0 Å². The molecule has 5 unspecified atom stereocenters. The van der Waals surface area contributed by atoms with E-state index in [1.165, 1.54) is 6.92 Å². The molecule has 0 spiro atoms. The first kappa shape index (κ1) is 31.7. The van der Waals surface area contributed by atoms with Crippen LogP contribution in [0.3, 0.4) is 0 Å². The van der Waals surface area contributed by atoms with E-state index in [0.29, 0.717) is 19.4 Å². The van der Waals surface area contributed by atoms with Gasteiger partial charge in [0, 0.05) is 23.5 Å². The van der Waals surface area contributed by atoms with Crippen LogP contribution < -0.4 is 27.4 Å². The van der Waals surface area contributed by atoms with Gasteiger partial charge in [-0.1, -0.05) is 32.0 Å². The van der Waals surface area contributed by atoms with Crippen molar-refractivity contribution in [3.05, 3.63) is 36.0 Å². The van der Waals surface area contributed by atoms with E-state index in [2.05, 4.69) is 20.9 Å². The summed E-state index contributed by atoms with van der Waals surface area (Å²) in [5.41, 5.74) is 13.0. The van der Waals surface area contributed by atoms with Gasteiger partial charge in [-0.25, -0.2) is 4.79 Å². The van der Waals surface area contributed by atoms with Crippen molar-refractivity contribution in [1.29, 1.82) is 0 Å². The molecule has 0 saturated heterocycles. The molecule has 0 radical (unpaired) electrons. The maximum atomic E-state index is 13.5. The molecule has 216 valence electrons. The fraction of sp³-hybridized carbons (Fsp3) is 0.556. The molecule has 0 saturated carbocycles. The van der Waals surface area contributed by atoms with Gasteiger partial charge in [0.25, 0.3) is 0 Å². The lowest BCUT2D eigenvalue weighted by molar-refractivity contribution is -0.143. The molecule has 0 fully saturated rings. The zero-order valence-electron chi connectivity index (χ0n) is 22.8. The number of carboxylic acid groups (broad SMARTS) is 1. The van der Waals surface area contributed by atoms with Crippen molar-refractivity contribution in [2.75, 3.05) is 6.54 Å². The molecular weight excluding hydrogens is 504 g/mol. The number of aliphatic hydroxyl groups is 1. The molecule has 10 N–H and O–H groups in total. The number of aliphatic carboxylic acids is 1. The van der Waals surface area contributed by atoms with E-state index in [-0.39, 0.29) is 25.2 Å². The molecule has 5 atom stereocenters. The van der Waals surface area contributed by atoms with E-state index in [9.17, 15) is 29.4 Å². The summed E-state index contributed by atoms with van der Waals surface area (Å²) in [6.45, 7) is 5.45. The Hall–Kier alpha value is -3.48. The van der Waals surface area contributed by atoms with Gasteiger partial charge in [0.05, 0.1) is 6.10 Å². The predicted octanol–water partition coefficient (Wildman–Crippen LogP) is 0.133. The lowest BCUT2D eigenvalue weighted by atomic mass is 10.0. The van der Waals surface area contributed by atoms with E-state index in [0.717, 1.165) is 16.5 Å². The third-order valence-electron chi connectivity index (χ3n) is 6.46. The Bertz CT molecular complexity index is 1120. The van der Waals surface area contributed by atoms with Crippen LogP contribution in [-0.4, -0.2) is 75.7 Å². The number of benzene rings is 1. The van der Waals surface area contributed by atoms with E-state index in [4.69, 9.17) is 11.5 Å². The molecule has 0 aliphatic rings. The Morgan fingerprint density at radius 1 is 0.923 bits per heavy atom. The number of hydrogen-bond donors (Lipinski definition) is 8. The van der Waals surface area contributed by atoms with Gasteiger partial charge < -0.3 is 42.6 Å². The van der Waals surface area contributed by atoms with Crippen LogP contribution in [-0.2, 0) is 25.6 Å². The molecule has 1 aromatic carbocycles. The largest absolute Gasteiger partial charge is 0.480 e. The molecule has 1 heterocycles. The van der Waals surface area contributed by atoms with Gasteiger partial charge in [-0.2, -0.15) is 0 Å². The summed E-state index contributed by atoms with van der Waals surface area (Å²) in [6, 6.07) is 2.92. The number of amides is 3. The van der Waals surface area contributed by atoms with Gasteiger partial charge >= 0.3 is 5.97 Å². The van der Waals surface area contributed by atoms with Gasteiger partial charge in [0.2, 0.25) is 17.7 Å². The number of fused-ring (bicyclic) bond motifs is 1. The fourth-order valence-electron chi connectivity index (χ4n) is 4.22. The second kappa shape index (κ2) is 15.2. The highest BCUT2D eigenvalue weighted by molar-refractivity contribution is 5.95. The number of unbranched alkanes of at least 4 members (excludes halogenated alkanes) is 1. The summed E-state index contributed by atoms with van der Waals surface area (Å²) in [4.78, 5) is 54.2. The molecule has 2 aromatic rings. The van der Waals surface area contributed by atoms with E-state index in [1.54, 1.807) is 6.20 Å². The molecule has 0 aliphatic heterocycles. The van der Waals surface area contributed by atoms with Gasteiger partial charge in [-0.3, -0.25) is 14.4 Å². The number of aromatic amines is 1. The third-order valence-corrected chi connectivity index (χ3v) is 6.46. The summed E-state index contributed by atoms with van der Waals surface area (Å²) in [5.74, 6) is -3.15. The number of carbonyl (C=O) groups is 4. The number of rotatable bonds is 16. The summed E-state index contributed by atoms with van der Waals surface area (Å²) in [7, 11) is 0. The average Bonchev–Trinajstić information content (AvgIpc) is 3.29. The molecule has 2 rings (SSSR count). The summed E-state index contributed by atoms with van der Waals surface area (Å²) in [6.07, 6.45) is 2.24. The van der Waals surface area contributed by atoms with Crippen LogP contribution in [0.4, 0.5) is 0 Å². The van der Waals surface area contributed by atoms with Gasteiger partial charge in [0.1, 0.15) is 24.2 Å². The lowest BCUT2D eigenvalue weighted by Crippen LogP contribution is -2.58. The van der Waals surface area contributed by atoms with Crippen LogP contribution >= 0.6 is 0 Å². The van der Waals surface area contributed by atoms with Crippen LogP contribution in [0.1, 0.15) is 52.0 Å². The normalized spacial score (nSPS) is 15.3. The Morgan fingerprint density at radius 3 is 2.15 bits per heavy atom. The number of aromatic nitrogens is 1. The molecule has 0 bridgehead atoms. The first-order valence-corrected chi connectivity index (χ1v) is 13.3. The molecular formula is C27H42N6O6. The van der Waals surface area contributed by atoms with Crippen molar-refractivity contribution in [1.82, 2.24) is 20.9 Å². The Balaban J connectivity index is 2.30. The van der Waals surface area contributed by atoms with Crippen LogP contribution in [0.25, 0.3) is 10.9 Å². The summed E-state index contributed by atoms with van der Waals surface area (Å²) >= 11 is 0. The maximum absolute atomic E-state index is 13.5.